The molecule has 2 aliphatic rings. The number of hydrogen-bond acceptors (Lipinski definition) is 8. The number of carbonyl (C=O) groups is 3. The van der Waals surface area contributed by atoms with E-state index in [0.717, 1.165) is 4.83 Å². The highest BCUT2D eigenvalue weighted by Gasteiger charge is 2.57. The molecule has 160 valence electrons. The van der Waals surface area contributed by atoms with E-state index >= 15 is 0 Å². The second-order valence-corrected chi connectivity index (χ2v) is 9.42. The van der Waals surface area contributed by atoms with Crippen LogP contribution in [0.2, 0.25) is 0 Å². The molecule has 0 saturated carbocycles. The molecule has 4 rings (SSSR count). The van der Waals surface area contributed by atoms with Crippen LogP contribution in [0.15, 0.2) is 23.5 Å². The SMILES string of the molecule is C[C@@H](O)[C@H]1C(=O)N2C(C(=O)OCOC(=O)C(C)(C)C)=C(c3ncc4sccn34)C[C@H]12. The second kappa shape index (κ2) is 7.21. The van der Waals surface area contributed by atoms with Gasteiger partial charge in [0.2, 0.25) is 12.7 Å². The first-order valence-electron chi connectivity index (χ1n) is 9.61. The molecule has 0 aromatic carbocycles. The van der Waals surface area contributed by atoms with E-state index in [0.29, 0.717) is 17.8 Å². The summed E-state index contributed by atoms with van der Waals surface area (Å²) in [6.45, 7) is 6.10. The number of esters is 2. The van der Waals surface area contributed by atoms with Crippen LogP contribution in [0.4, 0.5) is 0 Å². The van der Waals surface area contributed by atoms with E-state index in [-0.39, 0.29) is 17.6 Å². The average Bonchev–Trinajstić information content (AvgIpc) is 3.32. The average molecular weight is 433 g/mol. The van der Waals surface area contributed by atoms with E-state index < -0.39 is 36.2 Å². The van der Waals surface area contributed by atoms with Crippen LogP contribution in [0.25, 0.3) is 10.4 Å². The van der Waals surface area contributed by atoms with E-state index in [1.54, 1.807) is 33.9 Å². The molecule has 2 aromatic rings. The molecule has 0 aliphatic carbocycles. The number of aliphatic hydroxyl groups excluding tert-OH is 1. The van der Waals surface area contributed by atoms with Crippen molar-refractivity contribution in [3.63, 3.8) is 0 Å². The lowest BCUT2D eigenvalue weighted by Gasteiger charge is -2.44. The Bertz CT molecular complexity index is 1060. The number of rotatable bonds is 5. The van der Waals surface area contributed by atoms with Gasteiger partial charge in [-0.25, -0.2) is 9.78 Å². The Morgan fingerprint density at radius 1 is 1.37 bits per heavy atom. The number of thiazole rings is 1. The van der Waals surface area contributed by atoms with Crippen LogP contribution >= 0.6 is 11.3 Å². The number of aromatic nitrogens is 2. The van der Waals surface area contributed by atoms with Gasteiger partial charge in [-0.15, -0.1) is 11.3 Å². The molecule has 2 aliphatic heterocycles. The summed E-state index contributed by atoms with van der Waals surface area (Å²) in [5.41, 5.74) is -0.0670. The predicted octanol–water partition coefficient (Wildman–Crippen LogP) is 1.81. The fourth-order valence-corrected chi connectivity index (χ4v) is 4.54. The molecule has 0 unspecified atom stereocenters. The predicted molar refractivity (Wildman–Crippen MR) is 107 cm³/mol. The zero-order valence-electron chi connectivity index (χ0n) is 17.1. The topological polar surface area (TPSA) is 110 Å². The minimum Gasteiger partial charge on any atom is -0.427 e. The lowest BCUT2D eigenvalue weighted by Crippen LogP contribution is -2.61. The maximum Gasteiger partial charge on any atom is 0.358 e. The van der Waals surface area contributed by atoms with Crippen LogP contribution in [0.3, 0.4) is 0 Å². The highest BCUT2D eigenvalue weighted by Crippen LogP contribution is 2.47. The number of nitrogens with zero attached hydrogens (tertiary/aromatic N) is 3. The molecule has 1 N–H and O–H groups in total. The lowest BCUT2D eigenvalue weighted by molar-refractivity contribution is -0.175. The lowest BCUT2D eigenvalue weighted by atomic mass is 9.83. The van der Waals surface area contributed by atoms with Gasteiger partial charge in [-0.05, 0) is 27.7 Å². The number of amides is 1. The second-order valence-electron chi connectivity index (χ2n) is 8.50. The van der Waals surface area contributed by atoms with Gasteiger partial charge in [0.1, 0.15) is 16.4 Å². The van der Waals surface area contributed by atoms with Crippen LogP contribution < -0.4 is 0 Å². The van der Waals surface area contributed by atoms with Crippen molar-refractivity contribution < 1.29 is 29.0 Å². The van der Waals surface area contributed by atoms with Gasteiger partial charge in [0.15, 0.2) is 0 Å². The van der Waals surface area contributed by atoms with Crippen molar-refractivity contribution in [2.45, 2.75) is 46.3 Å². The molecule has 1 amide bonds. The molecule has 30 heavy (non-hydrogen) atoms. The number of ether oxygens (including phenoxy) is 2. The summed E-state index contributed by atoms with van der Waals surface area (Å²) in [5.74, 6) is -1.63. The van der Waals surface area contributed by atoms with Crippen molar-refractivity contribution >= 4 is 39.6 Å². The molecule has 0 spiro atoms. The van der Waals surface area contributed by atoms with Gasteiger partial charge in [0, 0.05) is 23.6 Å². The van der Waals surface area contributed by atoms with Gasteiger partial charge < -0.3 is 19.5 Å². The fourth-order valence-electron chi connectivity index (χ4n) is 3.84. The number of carbonyl (C=O) groups excluding carboxylic acids is 3. The van der Waals surface area contributed by atoms with Crippen LogP contribution in [-0.2, 0) is 23.9 Å². The molecule has 1 saturated heterocycles. The minimum absolute atomic E-state index is 0.0902. The first kappa shape index (κ1) is 20.5. The van der Waals surface area contributed by atoms with Gasteiger partial charge in [0.25, 0.3) is 0 Å². The molecular weight excluding hydrogens is 410 g/mol. The Balaban J connectivity index is 1.62. The summed E-state index contributed by atoms with van der Waals surface area (Å²) >= 11 is 1.50. The van der Waals surface area contributed by atoms with Crippen LogP contribution in [0, 0.1) is 11.3 Å². The number of aliphatic hydroxyl groups is 1. The Hall–Kier alpha value is -2.72. The maximum atomic E-state index is 12.9. The molecule has 4 heterocycles. The highest BCUT2D eigenvalue weighted by atomic mass is 32.1. The van der Waals surface area contributed by atoms with Gasteiger partial charge >= 0.3 is 11.9 Å². The maximum absolute atomic E-state index is 12.9. The normalized spacial score (nSPS) is 22.2. The van der Waals surface area contributed by atoms with E-state index in [4.69, 9.17) is 9.47 Å². The Morgan fingerprint density at radius 2 is 2.10 bits per heavy atom. The number of β-lactam (4-membered cyclic amide) rings is 1. The summed E-state index contributed by atoms with van der Waals surface area (Å²) in [4.78, 5) is 44.2. The van der Waals surface area contributed by atoms with E-state index in [1.807, 2.05) is 16.0 Å². The molecule has 0 bridgehead atoms. The zero-order chi connectivity index (χ0) is 21.8. The zero-order valence-corrected chi connectivity index (χ0v) is 17.9. The highest BCUT2D eigenvalue weighted by molar-refractivity contribution is 7.15. The van der Waals surface area contributed by atoms with Crippen LogP contribution in [0.5, 0.6) is 0 Å². The summed E-state index contributed by atoms with van der Waals surface area (Å²) in [6.07, 6.45) is 3.09. The van der Waals surface area contributed by atoms with E-state index in [1.165, 1.54) is 16.2 Å². The molecular formula is C20H23N3O6S. The third kappa shape index (κ3) is 3.20. The molecule has 2 aromatic heterocycles. The van der Waals surface area contributed by atoms with Gasteiger partial charge in [-0.1, -0.05) is 0 Å². The first-order valence-corrected chi connectivity index (χ1v) is 10.5. The number of fused-ring (bicyclic) bond motifs is 2. The molecule has 10 heteroatoms. The van der Waals surface area contributed by atoms with E-state index in [9.17, 15) is 19.5 Å². The standard InChI is InChI=1S/C20H23N3O6S/c1-10(24)14-12-7-11(16-21-8-13-22(16)5-6-30-13)15(23(12)17(14)25)18(26)28-9-29-19(27)20(2,3)4/h5-6,8,10,12,14,24H,7,9H2,1-4H3/t10-,12-,14-/m1/s1. The summed E-state index contributed by atoms with van der Waals surface area (Å²) in [7, 11) is 0. The van der Waals surface area contributed by atoms with Gasteiger partial charge in [0.05, 0.1) is 29.7 Å². The Labute approximate surface area is 176 Å². The monoisotopic (exact) mass is 433 g/mol. The molecule has 9 nitrogen and oxygen atoms in total. The molecule has 1 fully saturated rings. The summed E-state index contributed by atoms with van der Waals surface area (Å²) in [6, 6.07) is -0.335. The van der Waals surface area contributed by atoms with Crippen molar-refractivity contribution in [2.24, 2.45) is 11.3 Å². The van der Waals surface area contributed by atoms with Crippen molar-refractivity contribution in [1.82, 2.24) is 14.3 Å². The minimum atomic E-state index is -0.829. The largest absolute Gasteiger partial charge is 0.427 e. The first-order chi connectivity index (χ1) is 14.1. The molecule has 0 radical (unpaired) electrons. The van der Waals surface area contributed by atoms with E-state index in [2.05, 4.69) is 4.98 Å². The number of hydrogen-bond donors (Lipinski definition) is 1. The van der Waals surface area contributed by atoms with Crippen molar-refractivity contribution in [3.05, 3.63) is 29.3 Å². The van der Waals surface area contributed by atoms with Gasteiger partial charge in [-0.3, -0.25) is 14.0 Å². The number of imidazole rings is 1. The van der Waals surface area contributed by atoms with Crippen LogP contribution in [0.1, 0.15) is 39.9 Å². The van der Waals surface area contributed by atoms with Crippen molar-refractivity contribution in [1.29, 1.82) is 0 Å². The fraction of sp³-hybridized carbons (Fsp3) is 0.500. The molecule has 3 atom stereocenters. The van der Waals surface area contributed by atoms with Crippen molar-refractivity contribution in [3.8, 4) is 0 Å². The van der Waals surface area contributed by atoms with Crippen molar-refractivity contribution in [2.75, 3.05) is 6.79 Å². The van der Waals surface area contributed by atoms with Gasteiger partial charge in [-0.2, -0.15) is 0 Å². The Morgan fingerprint density at radius 3 is 2.77 bits per heavy atom. The summed E-state index contributed by atoms with van der Waals surface area (Å²) < 4.78 is 12.0. The smallest absolute Gasteiger partial charge is 0.358 e. The third-order valence-electron chi connectivity index (χ3n) is 5.35. The quantitative estimate of drug-likeness (QED) is 0.435. The summed E-state index contributed by atoms with van der Waals surface area (Å²) in [5, 5.41) is 11.9. The Kier molecular flexibility index (Phi) is 4.94. The van der Waals surface area contributed by atoms with Crippen LogP contribution in [-0.4, -0.2) is 56.2 Å². The third-order valence-corrected chi connectivity index (χ3v) is 6.15.